The van der Waals surface area contributed by atoms with E-state index in [1.807, 2.05) is 7.05 Å². The van der Waals surface area contributed by atoms with Gasteiger partial charge in [-0.05, 0) is 12.8 Å². The summed E-state index contributed by atoms with van der Waals surface area (Å²) < 4.78 is 5.87. The lowest BCUT2D eigenvalue weighted by molar-refractivity contribution is -0.899. The Morgan fingerprint density at radius 3 is 2.10 bits per heavy atom. The fourth-order valence-corrected chi connectivity index (χ4v) is 3.15. The number of morpholine rings is 1. The van der Waals surface area contributed by atoms with Crippen molar-refractivity contribution in [1.29, 1.82) is 0 Å². The van der Waals surface area contributed by atoms with E-state index in [9.17, 15) is 5.21 Å². The second-order valence-electron chi connectivity index (χ2n) is 6.66. The van der Waals surface area contributed by atoms with Gasteiger partial charge in [-0.2, -0.15) is 0 Å². The van der Waals surface area contributed by atoms with Crippen LogP contribution < -0.4 is 0 Å². The van der Waals surface area contributed by atoms with Gasteiger partial charge in [0.1, 0.15) is 18.7 Å². The number of hydroxylamine groups is 3. The van der Waals surface area contributed by atoms with Crippen LogP contribution >= 0.6 is 0 Å². The molecule has 0 amide bonds. The lowest BCUT2D eigenvalue weighted by Gasteiger charge is -2.50. The van der Waals surface area contributed by atoms with Crippen LogP contribution in [-0.4, -0.2) is 37.0 Å². The number of hydrogen-bond acceptors (Lipinski definition) is 2. The highest BCUT2D eigenvalue weighted by Gasteiger charge is 2.33. The van der Waals surface area contributed by atoms with Gasteiger partial charge in [-0.3, -0.25) is 0 Å². The van der Waals surface area contributed by atoms with E-state index in [0.717, 1.165) is 12.8 Å². The first kappa shape index (κ1) is 17.9. The molecule has 1 heterocycles. The first-order valence-corrected chi connectivity index (χ1v) is 8.78. The number of nitrogens with zero attached hydrogens (tertiary/aromatic N) is 1. The van der Waals surface area contributed by atoms with E-state index < -0.39 is 0 Å². The highest BCUT2D eigenvalue weighted by Crippen LogP contribution is 2.25. The Labute approximate surface area is 125 Å². The van der Waals surface area contributed by atoms with Crippen molar-refractivity contribution in [3.8, 4) is 0 Å². The van der Waals surface area contributed by atoms with Crippen molar-refractivity contribution >= 4 is 0 Å². The minimum Gasteiger partial charge on any atom is -0.633 e. The maximum absolute atomic E-state index is 12.7. The molecule has 0 aromatic rings. The van der Waals surface area contributed by atoms with Gasteiger partial charge >= 0.3 is 0 Å². The van der Waals surface area contributed by atoms with E-state index in [4.69, 9.17) is 4.74 Å². The Morgan fingerprint density at radius 2 is 1.55 bits per heavy atom. The summed E-state index contributed by atoms with van der Waals surface area (Å²) in [7, 11) is 1.85. The van der Waals surface area contributed by atoms with Crippen LogP contribution in [0.4, 0.5) is 0 Å². The Hall–Kier alpha value is -0.120. The summed E-state index contributed by atoms with van der Waals surface area (Å²) in [4.78, 5) is 0. The third-order valence-electron chi connectivity index (χ3n) is 4.63. The highest BCUT2D eigenvalue weighted by atomic mass is 16.6. The van der Waals surface area contributed by atoms with Crippen molar-refractivity contribution in [1.82, 2.24) is 0 Å². The van der Waals surface area contributed by atoms with Gasteiger partial charge in [0.05, 0.1) is 13.7 Å². The van der Waals surface area contributed by atoms with Crippen LogP contribution in [0.3, 0.4) is 0 Å². The minimum absolute atomic E-state index is 0.0788. The molecule has 0 spiro atoms. The van der Waals surface area contributed by atoms with Crippen LogP contribution in [-0.2, 0) is 4.74 Å². The van der Waals surface area contributed by atoms with E-state index in [0.29, 0.717) is 13.2 Å². The van der Waals surface area contributed by atoms with E-state index in [-0.39, 0.29) is 16.8 Å². The second-order valence-corrected chi connectivity index (χ2v) is 6.66. The summed E-state index contributed by atoms with van der Waals surface area (Å²) in [5, 5.41) is 12.7. The zero-order valence-electron chi connectivity index (χ0n) is 13.9. The molecule has 0 aliphatic carbocycles. The molecule has 1 aliphatic heterocycles. The molecule has 3 heteroatoms. The van der Waals surface area contributed by atoms with Gasteiger partial charge in [0.25, 0.3) is 0 Å². The van der Waals surface area contributed by atoms with Gasteiger partial charge < -0.3 is 14.6 Å². The molecule has 3 nitrogen and oxygen atoms in total. The van der Waals surface area contributed by atoms with Crippen molar-refractivity contribution in [3.63, 3.8) is 0 Å². The fraction of sp³-hybridized carbons (Fsp3) is 1.00. The number of likely N-dealkylation sites (N-methyl/N-ethyl adjacent to an activating group) is 1. The standard InChI is InChI=1S/C17H35NO2/c1-4-6-8-10-12-16-15-20-17(14-18(16,3)19)13-11-9-7-5-2/h16-17H,4-15H2,1-3H3. The topological polar surface area (TPSA) is 32.3 Å². The first-order chi connectivity index (χ1) is 9.60. The second kappa shape index (κ2) is 9.75. The van der Waals surface area contributed by atoms with Crippen molar-refractivity contribution in [3.05, 3.63) is 5.21 Å². The molecule has 1 fully saturated rings. The van der Waals surface area contributed by atoms with Gasteiger partial charge in [-0.15, -0.1) is 0 Å². The maximum atomic E-state index is 12.7. The number of hydrogen-bond donors (Lipinski definition) is 0. The Kier molecular flexibility index (Phi) is 8.74. The van der Waals surface area contributed by atoms with Crippen molar-refractivity contribution in [2.75, 3.05) is 20.2 Å². The van der Waals surface area contributed by atoms with Gasteiger partial charge in [-0.25, -0.2) is 0 Å². The number of unbranched alkanes of at least 4 members (excludes halogenated alkanes) is 6. The Morgan fingerprint density at radius 1 is 0.950 bits per heavy atom. The quantitative estimate of drug-likeness (QED) is 0.333. The van der Waals surface area contributed by atoms with Crippen LogP contribution in [0.15, 0.2) is 0 Å². The van der Waals surface area contributed by atoms with Gasteiger partial charge in [-0.1, -0.05) is 58.8 Å². The fourth-order valence-electron chi connectivity index (χ4n) is 3.15. The molecule has 0 aromatic carbocycles. The molecule has 3 unspecified atom stereocenters. The summed E-state index contributed by atoms with van der Waals surface area (Å²) >= 11 is 0. The van der Waals surface area contributed by atoms with E-state index in [1.165, 1.54) is 51.4 Å². The molecule has 0 bridgehead atoms. The molecule has 0 N–H and O–H groups in total. The smallest absolute Gasteiger partial charge is 0.112 e. The lowest BCUT2D eigenvalue weighted by atomic mass is 10.0. The van der Waals surface area contributed by atoms with E-state index >= 15 is 0 Å². The molecule has 0 aromatic heterocycles. The minimum atomic E-state index is -0.0788. The van der Waals surface area contributed by atoms with E-state index in [2.05, 4.69) is 13.8 Å². The summed E-state index contributed by atoms with van der Waals surface area (Å²) in [5.41, 5.74) is 0. The molecule has 0 radical (unpaired) electrons. The van der Waals surface area contributed by atoms with E-state index in [1.54, 1.807) is 0 Å². The predicted octanol–water partition coefficient (Wildman–Crippen LogP) is 4.64. The third kappa shape index (κ3) is 6.55. The predicted molar refractivity (Wildman–Crippen MR) is 85.5 cm³/mol. The van der Waals surface area contributed by atoms with Crippen molar-refractivity contribution < 1.29 is 9.38 Å². The van der Waals surface area contributed by atoms with Crippen molar-refractivity contribution in [2.45, 2.75) is 90.2 Å². The Balaban J connectivity index is 2.23. The van der Waals surface area contributed by atoms with Gasteiger partial charge in [0, 0.05) is 6.42 Å². The largest absolute Gasteiger partial charge is 0.633 e. The lowest BCUT2D eigenvalue weighted by Crippen LogP contribution is -2.58. The maximum Gasteiger partial charge on any atom is 0.112 e. The summed E-state index contributed by atoms with van der Waals surface area (Å²) in [6.45, 7) is 5.78. The van der Waals surface area contributed by atoms with Gasteiger partial charge in [0.15, 0.2) is 0 Å². The zero-order chi connectivity index (χ0) is 14.8. The monoisotopic (exact) mass is 285 g/mol. The molecule has 1 aliphatic rings. The number of quaternary nitrogens is 1. The zero-order valence-corrected chi connectivity index (χ0v) is 13.9. The first-order valence-electron chi connectivity index (χ1n) is 8.78. The average Bonchev–Trinajstić information content (AvgIpc) is 2.41. The van der Waals surface area contributed by atoms with Crippen LogP contribution in [0.25, 0.3) is 0 Å². The molecule has 120 valence electrons. The van der Waals surface area contributed by atoms with Crippen LogP contribution in [0.1, 0.15) is 78.1 Å². The third-order valence-corrected chi connectivity index (χ3v) is 4.63. The molecule has 0 saturated carbocycles. The average molecular weight is 285 g/mol. The molecule has 1 saturated heterocycles. The highest BCUT2D eigenvalue weighted by molar-refractivity contribution is 4.71. The molecule has 1 rings (SSSR count). The number of ether oxygens (including phenoxy) is 1. The van der Waals surface area contributed by atoms with Crippen molar-refractivity contribution in [2.24, 2.45) is 0 Å². The normalized spacial score (nSPS) is 30.6. The SMILES string of the molecule is CCCCCCC1C[N+](C)([O-])C(CCCCCC)CO1. The van der Waals surface area contributed by atoms with Crippen LogP contribution in [0.2, 0.25) is 0 Å². The molecule has 20 heavy (non-hydrogen) atoms. The van der Waals surface area contributed by atoms with Gasteiger partial charge in [0.2, 0.25) is 0 Å². The van der Waals surface area contributed by atoms with Crippen LogP contribution in [0.5, 0.6) is 0 Å². The molecule has 3 atom stereocenters. The Bertz CT molecular complexity index is 243. The summed E-state index contributed by atoms with van der Waals surface area (Å²) in [5.74, 6) is 0. The van der Waals surface area contributed by atoms with Crippen LogP contribution in [0, 0.1) is 5.21 Å². The molecular weight excluding hydrogens is 250 g/mol. The number of rotatable bonds is 10. The molecular formula is C17H35NO2. The summed E-state index contributed by atoms with van der Waals surface area (Å²) in [6.07, 6.45) is 12.3. The summed E-state index contributed by atoms with van der Waals surface area (Å²) in [6, 6.07) is 0.166.